The van der Waals surface area contributed by atoms with Crippen LogP contribution in [0.15, 0.2) is 28.9 Å². The summed E-state index contributed by atoms with van der Waals surface area (Å²) in [6.07, 6.45) is 3.12. The van der Waals surface area contributed by atoms with Crippen molar-refractivity contribution in [1.29, 1.82) is 0 Å². The Morgan fingerprint density at radius 2 is 2.27 bits per heavy atom. The number of halogens is 1. The van der Waals surface area contributed by atoms with E-state index in [4.69, 9.17) is 5.73 Å². The number of benzene rings is 1. The highest BCUT2D eigenvalue weighted by Crippen LogP contribution is 2.24. The Balaban J connectivity index is 2.39. The Morgan fingerprint density at radius 3 is 3.00 bits per heavy atom. The van der Waals surface area contributed by atoms with Gasteiger partial charge >= 0.3 is 0 Å². The van der Waals surface area contributed by atoms with Crippen LogP contribution < -0.4 is 5.73 Å². The fourth-order valence-electron chi connectivity index (χ4n) is 1.78. The van der Waals surface area contributed by atoms with E-state index in [2.05, 4.69) is 52.2 Å². The maximum Gasteiger partial charge on any atom is 0.0457 e. The fourth-order valence-corrected chi connectivity index (χ4v) is 2.14. The average Bonchev–Trinajstić information content (AvgIpc) is 2.61. The van der Waals surface area contributed by atoms with Crippen LogP contribution in [-0.4, -0.2) is 11.5 Å². The number of aromatic nitrogens is 1. The fraction of sp³-hybridized carbons (Fsp3) is 0.333. The second kappa shape index (κ2) is 4.37. The smallest absolute Gasteiger partial charge is 0.0457 e. The van der Waals surface area contributed by atoms with Crippen LogP contribution in [0.4, 0.5) is 0 Å². The van der Waals surface area contributed by atoms with Gasteiger partial charge in [-0.15, -0.1) is 0 Å². The monoisotopic (exact) mass is 266 g/mol. The van der Waals surface area contributed by atoms with E-state index in [-0.39, 0.29) is 0 Å². The maximum atomic E-state index is 5.64. The summed E-state index contributed by atoms with van der Waals surface area (Å²) >= 11 is 3.50. The van der Waals surface area contributed by atoms with Gasteiger partial charge in [0.1, 0.15) is 0 Å². The van der Waals surface area contributed by atoms with Gasteiger partial charge in [-0.25, -0.2) is 0 Å². The lowest BCUT2D eigenvalue weighted by molar-refractivity contribution is 0.595. The van der Waals surface area contributed by atoms with Gasteiger partial charge in [0.05, 0.1) is 0 Å². The van der Waals surface area contributed by atoms with Gasteiger partial charge in [0.25, 0.3) is 0 Å². The highest BCUT2D eigenvalue weighted by Gasteiger charge is 2.07. The molecule has 3 heteroatoms. The number of rotatable bonds is 3. The molecule has 0 radical (unpaired) electrons. The normalized spacial score (nSPS) is 13.3. The molecule has 2 rings (SSSR count). The molecule has 2 nitrogen and oxygen atoms in total. The number of H-pyrrole nitrogens is 1. The van der Waals surface area contributed by atoms with Crippen molar-refractivity contribution >= 4 is 26.8 Å². The largest absolute Gasteiger partial charge is 0.361 e. The second-order valence-corrected chi connectivity index (χ2v) is 4.96. The van der Waals surface area contributed by atoms with Crippen LogP contribution in [0.2, 0.25) is 0 Å². The first-order valence-corrected chi connectivity index (χ1v) is 5.95. The van der Waals surface area contributed by atoms with Crippen molar-refractivity contribution < 1.29 is 0 Å². The van der Waals surface area contributed by atoms with Crippen LogP contribution >= 0.6 is 15.9 Å². The number of aromatic amines is 1. The molecule has 0 saturated heterocycles. The molecule has 0 spiro atoms. The molecule has 3 N–H and O–H groups in total. The third-order valence-electron chi connectivity index (χ3n) is 2.70. The lowest BCUT2D eigenvalue weighted by Gasteiger charge is -2.06. The third-order valence-corrected chi connectivity index (χ3v) is 3.19. The molecule has 1 heterocycles. The Kier molecular flexibility index (Phi) is 3.12. The Bertz CT molecular complexity index is 462. The van der Waals surface area contributed by atoms with E-state index in [0.717, 1.165) is 17.4 Å². The Hall–Kier alpha value is -0.800. The summed E-state index contributed by atoms with van der Waals surface area (Å²) in [5, 5.41) is 1.30. The maximum absolute atomic E-state index is 5.64. The number of hydrogen-bond acceptors (Lipinski definition) is 1. The molecule has 0 bridgehead atoms. The quantitative estimate of drug-likeness (QED) is 0.881. The van der Waals surface area contributed by atoms with E-state index >= 15 is 0 Å². The molecule has 1 atom stereocenters. The molecule has 0 amide bonds. The SMILES string of the molecule is CC(CN)Cc1c[nH]c2ccc(Br)cc12. The average molecular weight is 267 g/mol. The molecule has 1 aromatic heterocycles. The molecule has 0 saturated carbocycles. The molecule has 0 fully saturated rings. The molecule has 15 heavy (non-hydrogen) atoms. The summed E-state index contributed by atoms with van der Waals surface area (Å²) < 4.78 is 1.12. The number of nitrogens with two attached hydrogens (primary N) is 1. The molecule has 0 aliphatic heterocycles. The topological polar surface area (TPSA) is 41.8 Å². The van der Waals surface area contributed by atoms with Gasteiger partial charge < -0.3 is 10.7 Å². The van der Waals surface area contributed by atoms with Gasteiger partial charge in [0.15, 0.2) is 0 Å². The van der Waals surface area contributed by atoms with Gasteiger partial charge in [-0.3, -0.25) is 0 Å². The summed E-state index contributed by atoms with van der Waals surface area (Å²) in [6.45, 7) is 2.91. The summed E-state index contributed by atoms with van der Waals surface area (Å²) in [5.41, 5.74) is 8.19. The minimum absolute atomic E-state index is 0.531. The molecule has 2 aromatic rings. The van der Waals surface area contributed by atoms with Crippen LogP contribution in [0.25, 0.3) is 10.9 Å². The van der Waals surface area contributed by atoms with Crippen molar-refractivity contribution in [2.75, 3.05) is 6.54 Å². The van der Waals surface area contributed by atoms with Crippen LogP contribution in [0.5, 0.6) is 0 Å². The highest BCUT2D eigenvalue weighted by atomic mass is 79.9. The minimum Gasteiger partial charge on any atom is -0.361 e. The molecule has 0 aliphatic carbocycles. The molecule has 0 aliphatic rings. The van der Waals surface area contributed by atoms with Crippen molar-refractivity contribution in [2.45, 2.75) is 13.3 Å². The summed E-state index contributed by atoms with van der Waals surface area (Å²) in [7, 11) is 0. The van der Waals surface area contributed by atoms with Gasteiger partial charge in [0, 0.05) is 21.6 Å². The lowest BCUT2D eigenvalue weighted by Crippen LogP contribution is -2.12. The van der Waals surface area contributed by atoms with Crippen LogP contribution in [0.3, 0.4) is 0 Å². The van der Waals surface area contributed by atoms with Crippen molar-refractivity contribution in [3.8, 4) is 0 Å². The van der Waals surface area contributed by atoms with E-state index in [1.807, 2.05) is 0 Å². The lowest BCUT2D eigenvalue weighted by atomic mass is 10.0. The first-order valence-electron chi connectivity index (χ1n) is 5.16. The zero-order valence-corrected chi connectivity index (χ0v) is 10.3. The molecular formula is C12H15BrN2. The molecule has 1 unspecified atom stereocenters. The highest BCUT2D eigenvalue weighted by molar-refractivity contribution is 9.10. The molecule has 1 aromatic carbocycles. The third kappa shape index (κ3) is 2.24. The minimum atomic E-state index is 0.531. The summed E-state index contributed by atoms with van der Waals surface area (Å²) in [6, 6.07) is 6.30. The van der Waals surface area contributed by atoms with E-state index in [1.54, 1.807) is 0 Å². The van der Waals surface area contributed by atoms with E-state index in [1.165, 1.54) is 16.5 Å². The van der Waals surface area contributed by atoms with Gasteiger partial charge in [-0.1, -0.05) is 22.9 Å². The van der Waals surface area contributed by atoms with Gasteiger partial charge in [-0.2, -0.15) is 0 Å². The first kappa shape index (κ1) is 10.7. The van der Waals surface area contributed by atoms with Gasteiger partial charge in [-0.05, 0) is 42.6 Å². The van der Waals surface area contributed by atoms with Crippen molar-refractivity contribution in [3.05, 3.63) is 34.4 Å². The van der Waals surface area contributed by atoms with E-state index in [9.17, 15) is 0 Å². The number of nitrogens with one attached hydrogen (secondary N) is 1. The zero-order valence-electron chi connectivity index (χ0n) is 8.76. The predicted molar refractivity (Wildman–Crippen MR) is 67.9 cm³/mol. The van der Waals surface area contributed by atoms with Crippen LogP contribution in [-0.2, 0) is 6.42 Å². The summed E-state index contributed by atoms with van der Waals surface area (Å²) in [4.78, 5) is 3.28. The Morgan fingerprint density at radius 1 is 1.47 bits per heavy atom. The standard InChI is InChI=1S/C12H15BrN2/c1-8(6-14)4-9-7-15-12-3-2-10(13)5-11(9)12/h2-3,5,7-8,15H,4,6,14H2,1H3. The van der Waals surface area contributed by atoms with Gasteiger partial charge in [0.2, 0.25) is 0 Å². The van der Waals surface area contributed by atoms with E-state index in [0.29, 0.717) is 5.92 Å². The number of fused-ring (bicyclic) bond motifs is 1. The predicted octanol–water partition coefficient (Wildman–Crippen LogP) is 3.07. The zero-order chi connectivity index (χ0) is 10.8. The molecular weight excluding hydrogens is 252 g/mol. The van der Waals surface area contributed by atoms with Crippen LogP contribution in [0.1, 0.15) is 12.5 Å². The molecule has 80 valence electrons. The Labute approximate surface area is 98.0 Å². The summed E-state index contributed by atoms with van der Waals surface area (Å²) in [5.74, 6) is 0.531. The number of hydrogen-bond donors (Lipinski definition) is 2. The first-order chi connectivity index (χ1) is 7.20. The van der Waals surface area contributed by atoms with E-state index < -0.39 is 0 Å². The van der Waals surface area contributed by atoms with Crippen molar-refractivity contribution in [2.24, 2.45) is 11.7 Å². The van der Waals surface area contributed by atoms with Crippen molar-refractivity contribution in [3.63, 3.8) is 0 Å². The second-order valence-electron chi connectivity index (χ2n) is 4.05. The van der Waals surface area contributed by atoms with Crippen molar-refractivity contribution in [1.82, 2.24) is 4.98 Å². The van der Waals surface area contributed by atoms with Crippen LogP contribution in [0, 0.1) is 5.92 Å².